The third-order valence-electron chi connectivity index (χ3n) is 1.89. The van der Waals surface area contributed by atoms with Gasteiger partial charge in [0.15, 0.2) is 5.82 Å². The topological polar surface area (TPSA) is 35.0 Å². The number of ether oxygens (including phenoxy) is 1. The number of methoxy groups -OCH3 is 1. The molecule has 0 aliphatic heterocycles. The number of rotatable bonds is 5. The van der Waals surface area contributed by atoms with Crippen LogP contribution in [0.5, 0.6) is 0 Å². The lowest BCUT2D eigenvalue weighted by Crippen LogP contribution is -2.00. The number of nitrogens with zero attached hydrogens (tertiary/aromatic N) is 2. The molecule has 5 heteroatoms. The van der Waals surface area contributed by atoms with Crippen molar-refractivity contribution in [2.24, 2.45) is 0 Å². The molecule has 3 nitrogen and oxygen atoms in total. The van der Waals surface area contributed by atoms with Crippen molar-refractivity contribution in [1.82, 2.24) is 9.97 Å². The smallest absolute Gasteiger partial charge is 0.156 e. The molecule has 1 unspecified atom stereocenters. The summed E-state index contributed by atoms with van der Waals surface area (Å²) in [4.78, 5) is 8.43. The minimum absolute atomic E-state index is 0.397. The summed E-state index contributed by atoms with van der Waals surface area (Å²) in [7, 11) is 1.62. The van der Waals surface area contributed by atoms with Gasteiger partial charge in [-0.2, -0.15) is 0 Å². The van der Waals surface area contributed by atoms with Crippen LogP contribution in [0.3, 0.4) is 0 Å². The van der Waals surface area contributed by atoms with E-state index < -0.39 is 0 Å². The fourth-order valence-electron chi connectivity index (χ4n) is 0.985. The molecule has 0 aliphatic carbocycles. The van der Waals surface area contributed by atoms with Gasteiger partial charge in [0.2, 0.25) is 0 Å². The zero-order valence-corrected chi connectivity index (χ0v) is 10.7. The molecule has 0 N–H and O–H groups in total. The summed E-state index contributed by atoms with van der Waals surface area (Å²) >= 11 is 7.60. The van der Waals surface area contributed by atoms with Crippen LogP contribution in [0, 0.1) is 0 Å². The molecule has 0 amide bonds. The van der Waals surface area contributed by atoms with Gasteiger partial charge >= 0.3 is 0 Å². The predicted octanol–water partition coefficient (Wildman–Crippen LogP) is 3.17. The fourth-order valence-corrected chi connectivity index (χ4v) is 2.17. The highest BCUT2D eigenvalue weighted by Gasteiger charge is 2.07. The Balaban J connectivity index is 2.78. The van der Waals surface area contributed by atoms with Crippen molar-refractivity contribution >= 4 is 23.4 Å². The molecular formula is C10H15ClN2OS. The van der Waals surface area contributed by atoms with E-state index in [1.807, 2.05) is 0 Å². The third kappa shape index (κ3) is 4.36. The lowest BCUT2D eigenvalue weighted by atomic mass is 10.4. The van der Waals surface area contributed by atoms with E-state index in [1.54, 1.807) is 24.9 Å². The van der Waals surface area contributed by atoms with Crippen molar-refractivity contribution in [3.63, 3.8) is 0 Å². The molecule has 1 aromatic rings. The Kier molecular flexibility index (Phi) is 5.36. The van der Waals surface area contributed by atoms with E-state index in [-0.39, 0.29) is 0 Å². The van der Waals surface area contributed by atoms with Gasteiger partial charge in [-0.05, 0) is 6.42 Å². The van der Waals surface area contributed by atoms with Crippen LogP contribution < -0.4 is 0 Å². The maximum atomic E-state index is 5.89. The first-order chi connectivity index (χ1) is 7.15. The predicted molar refractivity (Wildman–Crippen MR) is 63.4 cm³/mol. The monoisotopic (exact) mass is 246 g/mol. The summed E-state index contributed by atoms with van der Waals surface area (Å²) in [6, 6.07) is 1.79. The average Bonchev–Trinajstić information content (AvgIpc) is 2.17. The zero-order valence-electron chi connectivity index (χ0n) is 9.16. The molecule has 84 valence electrons. The molecule has 1 rings (SSSR count). The van der Waals surface area contributed by atoms with E-state index in [4.69, 9.17) is 16.3 Å². The summed E-state index contributed by atoms with van der Waals surface area (Å²) in [6.45, 7) is 4.71. The summed E-state index contributed by atoms with van der Waals surface area (Å²) < 4.78 is 4.98. The Morgan fingerprint density at radius 1 is 1.53 bits per heavy atom. The Bertz CT molecular complexity index is 322. The van der Waals surface area contributed by atoms with E-state index >= 15 is 0 Å². The normalized spacial score (nSPS) is 12.8. The third-order valence-corrected chi connectivity index (χ3v) is 3.27. The van der Waals surface area contributed by atoms with Crippen LogP contribution in [-0.4, -0.2) is 22.3 Å². The van der Waals surface area contributed by atoms with Gasteiger partial charge in [0, 0.05) is 18.4 Å². The Labute approximate surface area is 99.6 Å². The fraction of sp³-hybridized carbons (Fsp3) is 0.600. The van der Waals surface area contributed by atoms with Gasteiger partial charge in [0.05, 0.1) is 0 Å². The van der Waals surface area contributed by atoms with Crippen LogP contribution in [0.4, 0.5) is 0 Å². The summed E-state index contributed by atoms with van der Waals surface area (Å²) in [5, 5.41) is 1.92. The molecule has 0 saturated carbocycles. The summed E-state index contributed by atoms with van der Waals surface area (Å²) in [5.41, 5.74) is 0. The van der Waals surface area contributed by atoms with Crippen LogP contribution in [-0.2, 0) is 11.3 Å². The van der Waals surface area contributed by atoms with Crippen molar-refractivity contribution in [3.05, 3.63) is 17.0 Å². The number of hydrogen-bond acceptors (Lipinski definition) is 4. The molecule has 0 fully saturated rings. The molecule has 1 atom stereocenters. The van der Waals surface area contributed by atoms with E-state index in [9.17, 15) is 0 Å². The second kappa shape index (κ2) is 6.30. The Morgan fingerprint density at radius 3 is 2.87 bits per heavy atom. The molecule has 0 aromatic carbocycles. The molecule has 0 radical (unpaired) electrons. The maximum absolute atomic E-state index is 5.89. The second-order valence-corrected chi connectivity index (χ2v) is 5.06. The van der Waals surface area contributed by atoms with Gasteiger partial charge in [-0.15, -0.1) is 11.8 Å². The largest absolute Gasteiger partial charge is 0.377 e. The summed E-state index contributed by atoms with van der Waals surface area (Å²) in [5.74, 6) is 0.635. The number of hydrogen-bond donors (Lipinski definition) is 0. The standard InChI is InChI=1S/C10H15ClN2OS/c1-4-7(2)15-10-5-8(11)12-9(13-10)6-14-3/h5,7H,4,6H2,1-3H3. The van der Waals surface area contributed by atoms with E-state index in [2.05, 4.69) is 23.8 Å². The molecular weight excluding hydrogens is 232 g/mol. The average molecular weight is 247 g/mol. The van der Waals surface area contributed by atoms with Crippen molar-refractivity contribution in [1.29, 1.82) is 0 Å². The Hall–Kier alpha value is -0.320. The lowest BCUT2D eigenvalue weighted by molar-refractivity contribution is 0.177. The van der Waals surface area contributed by atoms with Crippen molar-refractivity contribution in [3.8, 4) is 0 Å². The number of thioether (sulfide) groups is 1. The van der Waals surface area contributed by atoms with Crippen molar-refractivity contribution in [2.45, 2.75) is 37.2 Å². The Morgan fingerprint density at radius 2 is 2.27 bits per heavy atom. The first-order valence-electron chi connectivity index (χ1n) is 4.84. The quantitative estimate of drug-likeness (QED) is 0.591. The maximum Gasteiger partial charge on any atom is 0.156 e. The number of aromatic nitrogens is 2. The van der Waals surface area contributed by atoms with Gasteiger partial charge in [0.25, 0.3) is 0 Å². The first-order valence-corrected chi connectivity index (χ1v) is 6.10. The van der Waals surface area contributed by atoms with Gasteiger partial charge in [-0.25, -0.2) is 9.97 Å². The minimum atomic E-state index is 0.397. The van der Waals surface area contributed by atoms with Gasteiger partial charge in [-0.1, -0.05) is 25.4 Å². The highest BCUT2D eigenvalue weighted by molar-refractivity contribution is 7.99. The molecule has 0 saturated heterocycles. The van der Waals surface area contributed by atoms with Crippen molar-refractivity contribution < 1.29 is 4.74 Å². The zero-order chi connectivity index (χ0) is 11.3. The van der Waals surface area contributed by atoms with Crippen LogP contribution in [0.1, 0.15) is 26.1 Å². The minimum Gasteiger partial charge on any atom is -0.377 e. The number of halogens is 1. The van der Waals surface area contributed by atoms with E-state index in [1.165, 1.54) is 0 Å². The first kappa shape index (κ1) is 12.7. The van der Waals surface area contributed by atoms with Crippen LogP contribution in [0.2, 0.25) is 5.15 Å². The molecule has 1 heterocycles. The van der Waals surface area contributed by atoms with Crippen molar-refractivity contribution in [2.75, 3.05) is 7.11 Å². The molecule has 0 aliphatic rings. The molecule has 0 bridgehead atoms. The molecule has 1 aromatic heterocycles. The van der Waals surface area contributed by atoms with Gasteiger partial charge in [0.1, 0.15) is 16.8 Å². The second-order valence-electron chi connectivity index (χ2n) is 3.21. The van der Waals surface area contributed by atoms with E-state index in [0.29, 0.717) is 22.8 Å². The van der Waals surface area contributed by atoms with Crippen LogP contribution in [0.15, 0.2) is 11.1 Å². The van der Waals surface area contributed by atoms with E-state index in [0.717, 1.165) is 11.4 Å². The van der Waals surface area contributed by atoms with Crippen LogP contribution in [0.25, 0.3) is 0 Å². The molecule has 0 spiro atoms. The van der Waals surface area contributed by atoms with Gasteiger partial charge in [-0.3, -0.25) is 0 Å². The SMILES string of the molecule is CCC(C)Sc1cc(Cl)nc(COC)n1. The summed E-state index contributed by atoms with van der Waals surface area (Å²) in [6.07, 6.45) is 1.10. The highest BCUT2D eigenvalue weighted by atomic mass is 35.5. The highest BCUT2D eigenvalue weighted by Crippen LogP contribution is 2.24. The van der Waals surface area contributed by atoms with Gasteiger partial charge < -0.3 is 4.74 Å². The van der Waals surface area contributed by atoms with Crippen LogP contribution >= 0.6 is 23.4 Å². The lowest BCUT2D eigenvalue weighted by Gasteiger charge is -2.08. The molecule has 15 heavy (non-hydrogen) atoms.